The molecule has 0 aromatic heterocycles. The summed E-state index contributed by atoms with van der Waals surface area (Å²) in [7, 11) is -3.78. The molecule has 7 heteroatoms. The van der Waals surface area contributed by atoms with Crippen molar-refractivity contribution in [3.8, 4) is 6.07 Å². The molecule has 1 amide bonds. The Morgan fingerprint density at radius 3 is 2.40 bits per heavy atom. The zero-order valence-electron chi connectivity index (χ0n) is 16.7. The molecule has 0 fully saturated rings. The number of rotatable bonds is 5. The van der Waals surface area contributed by atoms with Crippen LogP contribution in [-0.4, -0.2) is 32.3 Å². The van der Waals surface area contributed by atoms with Gasteiger partial charge in [-0.2, -0.15) is 5.26 Å². The number of sulfonamides is 1. The highest BCUT2D eigenvalue weighted by Crippen LogP contribution is 2.42. The average Bonchev–Trinajstić information content (AvgIpc) is 2.97. The Hall–Kier alpha value is -3.37. The molecule has 1 heterocycles. The van der Waals surface area contributed by atoms with Gasteiger partial charge in [0, 0.05) is 11.9 Å². The minimum Gasteiger partial charge on any atom is -0.335 e. The highest BCUT2D eigenvalue weighted by molar-refractivity contribution is 7.93. The van der Waals surface area contributed by atoms with E-state index in [4.69, 9.17) is 5.26 Å². The first-order valence-corrected chi connectivity index (χ1v) is 11.2. The Balaban J connectivity index is 1.64. The van der Waals surface area contributed by atoms with Crippen molar-refractivity contribution in [2.45, 2.75) is 24.8 Å². The Bertz CT molecular complexity index is 1270. The molecule has 152 valence electrons. The number of carbonyl (C=O) groups is 1. The van der Waals surface area contributed by atoms with E-state index in [1.54, 1.807) is 41.3 Å². The summed E-state index contributed by atoms with van der Waals surface area (Å²) >= 11 is 0. The zero-order valence-corrected chi connectivity index (χ0v) is 17.6. The van der Waals surface area contributed by atoms with Crippen molar-refractivity contribution >= 4 is 32.4 Å². The standard InChI is InChI=1S/C23H21N3O3S/c1-3-25(16(2)18-12-10-17(14-24)11-13-18)22(27)15-26-20-8-4-6-19-7-5-9-21(23(19)20)30(26,28)29/h4-13,16H,3,15H2,1-2H3. The van der Waals surface area contributed by atoms with Crippen LogP contribution in [-0.2, 0) is 14.8 Å². The third-order valence-corrected chi connectivity index (χ3v) is 7.41. The second-order valence-corrected chi connectivity index (χ2v) is 9.06. The van der Waals surface area contributed by atoms with E-state index in [2.05, 4.69) is 6.07 Å². The minimum absolute atomic E-state index is 0.242. The molecule has 0 saturated heterocycles. The molecule has 3 aromatic rings. The number of hydrogen-bond donors (Lipinski definition) is 0. The van der Waals surface area contributed by atoms with Crippen LogP contribution in [0.3, 0.4) is 0 Å². The lowest BCUT2D eigenvalue weighted by Gasteiger charge is -2.30. The van der Waals surface area contributed by atoms with Crippen molar-refractivity contribution in [1.82, 2.24) is 4.90 Å². The number of anilines is 1. The molecule has 0 N–H and O–H groups in total. The van der Waals surface area contributed by atoms with Crippen LogP contribution >= 0.6 is 0 Å². The summed E-state index contributed by atoms with van der Waals surface area (Å²) in [5.74, 6) is -0.275. The molecule has 30 heavy (non-hydrogen) atoms. The number of hydrogen-bond acceptors (Lipinski definition) is 4. The number of likely N-dealkylation sites (N-methyl/N-ethyl adjacent to an activating group) is 1. The highest BCUT2D eigenvalue weighted by Gasteiger charge is 2.37. The smallest absolute Gasteiger partial charge is 0.265 e. The molecule has 3 aromatic carbocycles. The van der Waals surface area contributed by atoms with Crippen LogP contribution in [0.25, 0.3) is 10.8 Å². The van der Waals surface area contributed by atoms with Gasteiger partial charge in [0.2, 0.25) is 5.91 Å². The van der Waals surface area contributed by atoms with Crippen LogP contribution in [0.5, 0.6) is 0 Å². The number of amides is 1. The Labute approximate surface area is 176 Å². The van der Waals surface area contributed by atoms with Crippen molar-refractivity contribution in [2.24, 2.45) is 0 Å². The van der Waals surface area contributed by atoms with E-state index in [0.717, 1.165) is 10.9 Å². The monoisotopic (exact) mass is 419 g/mol. The second kappa shape index (κ2) is 7.47. The average molecular weight is 420 g/mol. The van der Waals surface area contributed by atoms with Gasteiger partial charge < -0.3 is 4.90 Å². The molecule has 0 bridgehead atoms. The lowest BCUT2D eigenvalue weighted by Crippen LogP contribution is -2.42. The normalized spacial score (nSPS) is 15.0. The Kier molecular flexibility index (Phi) is 4.96. The van der Waals surface area contributed by atoms with Gasteiger partial charge in [-0.25, -0.2) is 8.42 Å². The summed E-state index contributed by atoms with van der Waals surface area (Å²) in [6.07, 6.45) is 0. The largest absolute Gasteiger partial charge is 0.335 e. The Morgan fingerprint density at radius 1 is 1.10 bits per heavy atom. The first-order chi connectivity index (χ1) is 14.4. The molecule has 0 spiro atoms. The predicted octanol–water partition coefficient (Wildman–Crippen LogP) is 3.83. The maximum Gasteiger partial charge on any atom is 0.265 e. The van der Waals surface area contributed by atoms with E-state index in [0.29, 0.717) is 23.2 Å². The fourth-order valence-electron chi connectivity index (χ4n) is 4.02. The molecule has 0 radical (unpaired) electrons. The topological polar surface area (TPSA) is 81.5 Å². The van der Waals surface area contributed by atoms with Gasteiger partial charge in [-0.3, -0.25) is 9.10 Å². The molecule has 1 aliphatic rings. The van der Waals surface area contributed by atoms with Crippen molar-refractivity contribution in [2.75, 3.05) is 17.4 Å². The van der Waals surface area contributed by atoms with Crippen molar-refractivity contribution in [3.63, 3.8) is 0 Å². The van der Waals surface area contributed by atoms with Gasteiger partial charge in [0.1, 0.15) is 6.54 Å². The van der Waals surface area contributed by atoms with E-state index >= 15 is 0 Å². The number of nitrogens with zero attached hydrogens (tertiary/aromatic N) is 3. The summed E-state index contributed by atoms with van der Waals surface area (Å²) in [6.45, 7) is 3.94. The summed E-state index contributed by atoms with van der Waals surface area (Å²) < 4.78 is 27.5. The van der Waals surface area contributed by atoms with E-state index in [1.807, 2.05) is 38.1 Å². The van der Waals surface area contributed by atoms with Crippen LogP contribution in [0.1, 0.15) is 31.0 Å². The fourth-order valence-corrected chi connectivity index (χ4v) is 5.68. The van der Waals surface area contributed by atoms with Crippen molar-refractivity contribution in [3.05, 3.63) is 71.8 Å². The summed E-state index contributed by atoms with van der Waals surface area (Å²) in [5.41, 5.74) is 1.98. The van der Waals surface area contributed by atoms with Crippen LogP contribution in [0.4, 0.5) is 5.69 Å². The third-order valence-electron chi connectivity index (χ3n) is 5.61. The number of carbonyl (C=O) groups excluding carboxylic acids is 1. The molecule has 0 saturated carbocycles. The van der Waals surface area contributed by atoms with E-state index in [-0.39, 0.29) is 23.4 Å². The maximum atomic E-state index is 13.2. The molecular formula is C23H21N3O3S. The highest BCUT2D eigenvalue weighted by atomic mass is 32.2. The summed E-state index contributed by atoms with van der Waals surface area (Å²) in [4.78, 5) is 15.1. The number of nitriles is 1. The van der Waals surface area contributed by atoms with Gasteiger partial charge in [0.25, 0.3) is 10.0 Å². The van der Waals surface area contributed by atoms with Crippen LogP contribution in [0.15, 0.2) is 65.6 Å². The minimum atomic E-state index is -3.78. The van der Waals surface area contributed by atoms with Gasteiger partial charge in [-0.15, -0.1) is 0 Å². The van der Waals surface area contributed by atoms with Gasteiger partial charge >= 0.3 is 0 Å². The second-order valence-electron chi connectivity index (χ2n) is 7.23. The first kappa shape index (κ1) is 19.9. The fraction of sp³-hybridized carbons (Fsp3) is 0.217. The van der Waals surface area contributed by atoms with Crippen molar-refractivity contribution < 1.29 is 13.2 Å². The van der Waals surface area contributed by atoms with E-state index in [9.17, 15) is 13.2 Å². The molecule has 4 rings (SSSR count). The van der Waals surface area contributed by atoms with Gasteiger partial charge in [-0.05, 0) is 49.1 Å². The quantitative estimate of drug-likeness (QED) is 0.629. The third kappa shape index (κ3) is 3.10. The number of benzene rings is 3. The van der Waals surface area contributed by atoms with Crippen LogP contribution < -0.4 is 4.31 Å². The SMILES string of the molecule is CCN(C(=O)CN1c2cccc3cccc(c23)S1(=O)=O)C(C)c1ccc(C#N)cc1. The molecule has 0 aliphatic carbocycles. The molecule has 1 aliphatic heterocycles. The summed E-state index contributed by atoms with van der Waals surface area (Å²) in [6, 6.07) is 19.5. The summed E-state index contributed by atoms with van der Waals surface area (Å²) in [5, 5.41) is 10.5. The Morgan fingerprint density at radius 2 is 1.77 bits per heavy atom. The lowest BCUT2D eigenvalue weighted by atomic mass is 10.0. The van der Waals surface area contributed by atoms with Gasteiger partial charge in [0.05, 0.1) is 28.3 Å². The molecule has 1 atom stereocenters. The predicted molar refractivity (Wildman–Crippen MR) is 115 cm³/mol. The molecule has 6 nitrogen and oxygen atoms in total. The van der Waals surface area contributed by atoms with Crippen LogP contribution in [0, 0.1) is 11.3 Å². The van der Waals surface area contributed by atoms with Gasteiger partial charge in [0.15, 0.2) is 0 Å². The zero-order chi connectivity index (χ0) is 21.5. The lowest BCUT2D eigenvalue weighted by molar-refractivity contribution is -0.131. The van der Waals surface area contributed by atoms with E-state index < -0.39 is 10.0 Å². The molecule has 1 unspecified atom stereocenters. The van der Waals surface area contributed by atoms with Crippen LogP contribution in [0.2, 0.25) is 0 Å². The van der Waals surface area contributed by atoms with E-state index in [1.165, 1.54) is 4.31 Å². The van der Waals surface area contributed by atoms with Crippen molar-refractivity contribution in [1.29, 1.82) is 5.26 Å². The first-order valence-electron chi connectivity index (χ1n) is 9.72. The maximum absolute atomic E-state index is 13.2. The van der Waals surface area contributed by atoms with Gasteiger partial charge in [-0.1, -0.05) is 36.4 Å². The molecular weight excluding hydrogens is 398 g/mol.